The average Bonchev–Trinajstić information content (AvgIpc) is 3.45. The van der Waals surface area contributed by atoms with E-state index in [1.54, 1.807) is 48.5 Å². The molecule has 0 radical (unpaired) electrons. The standard InChI is InChI=1S/C20H17Cl2NO3/c21-16-10-6-13(12-17(16)22)7-11-18(24)26-19(14-4-2-1-3-5-14)20(25)23-15-8-9-15/h1-7,10-12,15,19H,8-9H2,(H,23,25)/b11-7+/t19-/m1/s1. The Labute approximate surface area is 161 Å². The number of amides is 1. The molecule has 0 spiro atoms. The highest BCUT2D eigenvalue weighted by Crippen LogP contribution is 2.24. The van der Waals surface area contributed by atoms with E-state index in [1.165, 1.54) is 6.08 Å². The van der Waals surface area contributed by atoms with E-state index in [1.807, 2.05) is 6.07 Å². The highest BCUT2D eigenvalue weighted by atomic mass is 35.5. The molecule has 2 aromatic rings. The van der Waals surface area contributed by atoms with Gasteiger partial charge in [-0.05, 0) is 36.6 Å². The maximum absolute atomic E-state index is 12.4. The Morgan fingerprint density at radius 2 is 1.81 bits per heavy atom. The summed E-state index contributed by atoms with van der Waals surface area (Å²) in [4.78, 5) is 24.7. The zero-order valence-corrected chi connectivity index (χ0v) is 15.3. The monoisotopic (exact) mass is 389 g/mol. The molecule has 0 aliphatic heterocycles. The Morgan fingerprint density at radius 3 is 2.46 bits per heavy atom. The van der Waals surface area contributed by atoms with E-state index < -0.39 is 12.1 Å². The number of esters is 1. The van der Waals surface area contributed by atoms with Gasteiger partial charge in [0.1, 0.15) is 0 Å². The molecule has 1 fully saturated rings. The van der Waals surface area contributed by atoms with Crippen LogP contribution in [0.15, 0.2) is 54.6 Å². The van der Waals surface area contributed by atoms with Crippen LogP contribution < -0.4 is 5.32 Å². The second-order valence-electron chi connectivity index (χ2n) is 6.02. The molecule has 0 aromatic heterocycles. The van der Waals surface area contributed by atoms with Crippen LogP contribution >= 0.6 is 23.2 Å². The summed E-state index contributed by atoms with van der Waals surface area (Å²) in [7, 11) is 0. The van der Waals surface area contributed by atoms with Crippen molar-refractivity contribution in [2.75, 3.05) is 0 Å². The van der Waals surface area contributed by atoms with E-state index in [2.05, 4.69) is 5.32 Å². The number of hydrogen-bond acceptors (Lipinski definition) is 3. The maximum Gasteiger partial charge on any atom is 0.331 e. The van der Waals surface area contributed by atoms with Gasteiger partial charge in [0.2, 0.25) is 6.10 Å². The molecule has 0 unspecified atom stereocenters. The van der Waals surface area contributed by atoms with Gasteiger partial charge in [-0.15, -0.1) is 0 Å². The first kappa shape index (κ1) is 18.5. The summed E-state index contributed by atoms with van der Waals surface area (Å²) in [6.45, 7) is 0. The van der Waals surface area contributed by atoms with Gasteiger partial charge in [-0.3, -0.25) is 4.79 Å². The smallest absolute Gasteiger partial charge is 0.331 e. The summed E-state index contributed by atoms with van der Waals surface area (Å²) in [6, 6.07) is 14.1. The van der Waals surface area contributed by atoms with Crippen LogP contribution in [0.4, 0.5) is 0 Å². The van der Waals surface area contributed by atoms with Gasteiger partial charge in [0.15, 0.2) is 0 Å². The molecule has 0 saturated heterocycles. The van der Waals surface area contributed by atoms with Gasteiger partial charge in [0.05, 0.1) is 10.0 Å². The number of ether oxygens (including phenoxy) is 1. The van der Waals surface area contributed by atoms with Crippen LogP contribution in [0.2, 0.25) is 10.0 Å². The summed E-state index contributed by atoms with van der Waals surface area (Å²) in [5, 5.41) is 3.71. The van der Waals surface area contributed by atoms with Crippen molar-refractivity contribution in [1.29, 1.82) is 0 Å². The first-order valence-electron chi connectivity index (χ1n) is 8.22. The van der Waals surface area contributed by atoms with E-state index in [0.29, 0.717) is 21.2 Å². The molecule has 0 heterocycles. The predicted octanol–water partition coefficient (Wildman–Crippen LogP) is 4.57. The van der Waals surface area contributed by atoms with Crippen LogP contribution in [-0.4, -0.2) is 17.9 Å². The number of nitrogens with one attached hydrogen (secondary N) is 1. The summed E-state index contributed by atoms with van der Waals surface area (Å²) in [5.41, 5.74) is 1.33. The average molecular weight is 390 g/mol. The third-order valence-electron chi connectivity index (χ3n) is 3.85. The molecule has 1 saturated carbocycles. The topological polar surface area (TPSA) is 55.4 Å². The zero-order chi connectivity index (χ0) is 18.5. The maximum atomic E-state index is 12.4. The Balaban J connectivity index is 1.70. The first-order chi connectivity index (χ1) is 12.5. The molecule has 1 amide bonds. The number of rotatable bonds is 6. The van der Waals surface area contributed by atoms with Gasteiger partial charge in [-0.2, -0.15) is 0 Å². The molecular weight excluding hydrogens is 373 g/mol. The van der Waals surface area contributed by atoms with Crippen molar-refractivity contribution in [2.24, 2.45) is 0 Å². The fourth-order valence-corrected chi connectivity index (χ4v) is 2.65. The summed E-state index contributed by atoms with van der Waals surface area (Å²) in [6.07, 6.45) is 3.75. The van der Waals surface area contributed by atoms with Crippen LogP contribution in [0.5, 0.6) is 0 Å². The third kappa shape index (κ3) is 5.10. The van der Waals surface area contributed by atoms with Gasteiger partial charge >= 0.3 is 5.97 Å². The van der Waals surface area contributed by atoms with Crippen molar-refractivity contribution in [2.45, 2.75) is 25.0 Å². The molecule has 1 atom stereocenters. The lowest BCUT2D eigenvalue weighted by atomic mass is 10.1. The van der Waals surface area contributed by atoms with E-state index in [-0.39, 0.29) is 11.9 Å². The number of halogens is 2. The zero-order valence-electron chi connectivity index (χ0n) is 13.8. The summed E-state index contributed by atoms with van der Waals surface area (Å²) < 4.78 is 5.41. The van der Waals surface area contributed by atoms with Crippen LogP contribution in [-0.2, 0) is 14.3 Å². The van der Waals surface area contributed by atoms with E-state index in [9.17, 15) is 9.59 Å². The lowest BCUT2D eigenvalue weighted by Gasteiger charge is -2.17. The quantitative estimate of drug-likeness (QED) is 0.581. The first-order valence-corrected chi connectivity index (χ1v) is 8.97. The number of hydrogen-bond donors (Lipinski definition) is 1. The molecule has 4 nitrogen and oxygen atoms in total. The normalized spacial score (nSPS) is 14.8. The Bertz CT molecular complexity index is 832. The predicted molar refractivity (Wildman–Crippen MR) is 102 cm³/mol. The highest BCUT2D eigenvalue weighted by molar-refractivity contribution is 6.42. The fraction of sp³-hybridized carbons (Fsp3) is 0.200. The van der Waals surface area contributed by atoms with E-state index >= 15 is 0 Å². The van der Waals surface area contributed by atoms with Gasteiger partial charge in [-0.25, -0.2) is 4.79 Å². The molecule has 1 N–H and O–H groups in total. The van der Waals surface area contributed by atoms with Crippen molar-refractivity contribution in [1.82, 2.24) is 5.32 Å². The summed E-state index contributed by atoms with van der Waals surface area (Å²) >= 11 is 11.8. The second kappa shape index (κ2) is 8.39. The SMILES string of the molecule is O=C(/C=C/c1ccc(Cl)c(Cl)c1)O[C@@H](C(=O)NC1CC1)c1ccccc1. The third-order valence-corrected chi connectivity index (χ3v) is 4.59. The Hall–Kier alpha value is -2.30. The van der Waals surface area contributed by atoms with Crippen LogP contribution in [0, 0.1) is 0 Å². The van der Waals surface area contributed by atoms with Crippen molar-refractivity contribution in [3.05, 3.63) is 75.8 Å². The molecule has 1 aliphatic rings. The molecule has 6 heteroatoms. The number of benzene rings is 2. The molecule has 134 valence electrons. The molecule has 3 rings (SSSR count). The van der Waals surface area contributed by atoms with Crippen molar-refractivity contribution < 1.29 is 14.3 Å². The number of carbonyl (C=O) groups is 2. The minimum Gasteiger partial charge on any atom is -0.444 e. The lowest BCUT2D eigenvalue weighted by Crippen LogP contribution is -2.33. The molecule has 26 heavy (non-hydrogen) atoms. The Kier molecular flexibility index (Phi) is 5.96. The largest absolute Gasteiger partial charge is 0.444 e. The van der Waals surface area contributed by atoms with Gasteiger partial charge in [0.25, 0.3) is 5.91 Å². The van der Waals surface area contributed by atoms with E-state index in [4.69, 9.17) is 27.9 Å². The van der Waals surface area contributed by atoms with Gasteiger partial charge in [0, 0.05) is 17.7 Å². The van der Waals surface area contributed by atoms with Crippen molar-refractivity contribution >= 4 is 41.2 Å². The molecule has 2 aromatic carbocycles. The van der Waals surface area contributed by atoms with Crippen molar-refractivity contribution in [3.8, 4) is 0 Å². The van der Waals surface area contributed by atoms with Crippen LogP contribution in [0.25, 0.3) is 6.08 Å². The molecule has 0 bridgehead atoms. The summed E-state index contributed by atoms with van der Waals surface area (Å²) in [5.74, 6) is -0.925. The van der Waals surface area contributed by atoms with Gasteiger partial charge in [-0.1, -0.05) is 59.6 Å². The lowest BCUT2D eigenvalue weighted by molar-refractivity contribution is -0.151. The van der Waals surface area contributed by atoms with E-state index in [0.717, 1.165) is 12.8 Å². The number of carbonyl (C=O) groups excluding carboxylic acids is 2. The highest BCUT2D eigenvalue weighted by Gasteiger charge is 2.30. The second-order valence-corrected chi connectivity index (χ2v) is 6.83. The van der Waals surface area contributed by atoms with Crippen molar-refractivity contribution in [3.63, 3.8) is 0 Å². The van der Waals surface area contributed by atoms with Crippen LogP contribution in [0.3, 0.4) is 0 Å². The minimum absolute atomic E-state index is 0.180. The minimum atomic E-state index is -0.984. The van der Waals surface area contributed by atoms with Crippen LogP contribution in [0.1, 0.15) is 30.1 Å². The fourth-order valence-electron chi connectivity index (χ4n) is 2.34. The van der Waals surface area contributed by atoms with Gasteiger partial charge < -0.3 is 10.1 Å². The Morgan fingerprint density at radius 1 is 1.08 bits per heavy atom. The molecular formula is C20H17Cl2NO3. The molecule has 1 aliphatic carbocycles.